The third-order valence-electron chi connectivity index (χ3n) is 4.07. The molecule has 1 N–H and O–H groups in total. The van der Waals surface area contributed by atoms with Gasteiger partial charge < -0.3 is 5.32 Å². The van der Waals surface area contributed by atoms with E-state index >= 15 is 0 Å². The molecule has 102 valence electrons. The standard InChI is InChI=1S/C13H14FNO3S/c14-9-5-4-6-10-11(9)19(17,18)13(12(16)15-10)7-2-1-3-8-13/h4-6H,1-3,7-8H2,(H,15,16). The fourth-order valence-corrected chi connectivity index (χ4v) is 5.30. The molecule has 1 aliphatic carbocycles. The Bertz CT molecular complexity index is 648. The van der Waals surface area contributed by atoms with Crippen LogP contribution in [0.3, 0.4) is 0 Å². The van der Waals surface area contributed by atoms with Crippen LogP contribution in [0.5, 0.6) is 0 Å². The molecule has 3 rings (SSSR count). The normalized spacial score (nSPS) is 23.7. The van der Waals surface area contributed by atoms with E-state index in [0.29, 0.717) is 12.8 Å². The van der Waals surface area contributed by atoms with E-state index in [-0.39, 0.29) is 23.4 Å². The number of anilines is 1. The molecule has 0 radical (unpaired) electrons. The predicted molar refractivity (Wildman–Crippen MR) is 68.0 cm³/mol. The van der Waals surface area contributed by atoms with Gasteiger partial charge in [-0.15, -0.1) is 0 Å². The van der Waals surface area contributed by atoms with Crippen molar-refractivity contribution in [2.24, 2.45) is 0 Å². The first-order valence-electron chi connectivity index (χ1n) is 6.34. The van der Waals surface area contributed by atoms with Crippen LogP contribution in [0.15, 0.2) is 23.1 Å². The molecule has 0 unspecified atom stereocenters. The lowest BCUT2D eigenvalue weighted by Gasteiger charge is -2.38. The number of halogens is 1. The minimum Gasteiger partial charge on any atom is -0.323 e. The second kappa shape index (κ2) is 4.03. The Kier molecular flexibility index (Phi) is 2.67. The van der Waals surface area contributed by atoms with Crippen LogP contribution < -0.4 is 5.32 Å². The smallest absolute Gasteiger partial charge is 0.246 e. The number of hydrogen-bond acceptors (Lipinski definition) is 3. The van der Waals surface area contributed by atoms with E-state index in [9.17, 15) is 17.6 Å². The minimum atomic E-state index is -3.97. The number of rotatable bonds is 0. The fourth-order valence-electron chi connectivity index (χ4n) is 3.05. The van der Waals surface area contributed by atoms with Crippen LogP contribution in [0.4, 0.5) is 10.1 Å². The van der Waals surface area contributed by atoms with Crippen LogP contribution >= 0.6 is 0 Å². The number of benzene rings is 1. The zero-order valence-electron chi connectivity index (χ0n) is 10.3. The molecule has 4 nitrogen and oxygen atoms in total. The van der Waals surface area contributed by atoms with Gasteiger partial charge in [-0.2, -0.15) is 0 Å². The third kappa shape index (κ3) is 1.55. The van der Waals surface area contributed by atoms with Crippen LogP contribution in [-0.4, -0.2) is 19.1 Å². The Labute approximate surface area is 110 Å². The van der Waals surface area contributed by atoms with E-state index in [2.05, 4.69) is 5.32 Å². The zero-order valence-corrected chi connectivity index (χ0v) is 11.1. The summed E-state index contributed by atoms with van der Waals surface area (Å²) in [6.07, 6.45) is 2.81. The Balaban J connectivity index is 2.27. The number of carbonyl (C=O) groups excluding carboxylic acids is 1. The maximum absolute atomic E-state index is 13.9. The number of sulfone groups is 1. The number of carbonyl (C=O) groups is 1. The van der Waals surface area contributed by atoms with Gasteiger partial charge in [0.25, 0.3) is 0 Å². The average molecular weight is 283 g/mol. The summed E-state index contributed by atoms with van der Waals surface area (Å²) in [4.78, 5) is 11.9. The second-order valence-corrected chi connectivity index (χ2v) is 7.33. The van der Waals surface area contributed by atoms with Crippen LogP contribution in [0.1, 0.15) is 32.1 Å². The van der Waals surface area contributed by atoms with Gasteiger partial charge in [0.15, 0.2) is 14.6 Å². The summed E-state index contributed by atoms with van der Waals surface area (Å²) in [5, 5.41) is 2.56. The van der Waals surface area contributed by atoms with Crippen LogP contribution in [-0.2, 0) is 14.6 Å². The fraction of sp³-hybridized carbons (Fsp3) is 0.462. The van der Waals surface area contributed by atoms with Gasteiger partial charge in [-0.1, -0.05) is 25.3 Å². The molecular formula is C13H14FNO3S. The summed E-state index contributed by atoms with van der Waals surface area (Å²) in [6, 6.07) is 3.93. The lowest BCUT2D eigenvalue weighted by Crippen LogP contribution is -2.54. The molecule has 1 saturated carbocycles. The molecule has 0 bridgehead atoms. The molecule has 1 fully saturated rings. The Morgan fingerprint density at radius 3 is 2.53 bits per heavy atom. The number of nitrogens with one attached hydrogen (secondary N) is 1. The maximum Gasteiger partial charge on any atom is 0.246 e. The average Bonchev–Trinajstić information content (AvgIpc) is 2.37. The zero-order chi connectivity index (χ0) is 13.7. The van der Waals surface area contributed by atoms with Gasteiger partial charge in [0, 0.05) is 0 Å². The van der Waals surface area contributed by atoms with E-state index in [0.717, 1.165) is 12.5 Å². The Morgan fingerprint density at radius 2 is 1.84 bits per heavy atom. The second-order valence-electron chi connectivity index (χ2n) is 5.13. The van der Waals surface area contributed by atoms with Crippen LogP contribution in [0.2, 0.25) is 0 Å². The molecule has 0 aromatic heterocycles. The molecule has 1 aromatic carbocycles. The highest BCUT2D eigenvalue weighted by atomic mass is 32.2. The SMILES string of the molecule is O=C1Nc2cccc(F)c2S(=O)(=O)C12CCCCC2. The molecule has 6 heteroatoms. The van der Waals surface area contributed by atoms with Gasteiger partial charge in [0.2, 0.25) is 5.91 Å². The van der Waals surface area contributed by atoms with Crippen molar-refractivity contribution < 1.29 is 17.6 Å². The van der Waals surface area contributed by atoms with E-state index in [4.69, 9.17) is 0 Å². The van der Waals surface area contributed by atoms with Crippen molar-refractivity contribution in [1.82, 2.24) is 0 Å². The molecule has 1 heterocycles. The van der Waals surface area contributed by atoms with Gasteiger partial charge in [-0.3, -0.25) is 4.79 Å². The van der Waals surface area contributed by atoms with Crippen molar-refractivity contribution in [1.29, 1.82) is 0 Å². The summed E-state index contributed by atoms with van der Waals surface area (Å²) < 4.78 is 37.9. The largest absolute Gasteiger partial charge is 0.323 e. The lowest BCUT2D eigenvalue weighted by molar-refractivity contribution is -0.119. The highest BCUT2D eigenvalue weighted by Gasteiger charge is 2.55. The Hall–Kier alpha value is -1.43. The van der Waals surface area contributed by atoms with Gasteiger partial charge in [-0.25, -0.2) is 12.8 Å². The van der Waals surface area contributed by atoms with E-state index < -0.39 is 26.3 Å². The predicted octanol–water partition coefficient (Wildman–Crippen LogP) is 2.25. The molecule has 0 saturated heterocycles. The molecule has 2 aliphatic rings. The number of hydrogen-bond donors (Lipinski definition) is 1. The maximum atomic E-state index is 13.9. The van der Waals surface area contributed by atoms with Crippen molar-refractivity contribution in [2.45, 2.75) is 41.7 Å². The summed E-state index contributed by atoms with van der Waals surface area (Å²) >= 11 is 0. The van der Waals surface area contributed by atoms with Gasteiger partial charge in [0.1, 0.15) is 10.7 Å². The first kappa shape index (κ1) is 12.6. The molecule has 1 aliphatic heterocycles. The Morgan fingerprint density at radius 1 is 1.16 bits per heavy atom. The highest BCUT2D eigenvalue weighted by molar-refractivity contribution is 7.94. The number of amides is 1. The summed E-state index contributed by atoms with van der Waals surface area (Å²) in [7, 11) is -3.97. The van der Waals surface area contributed by atoms with Crippen molar-refractivity contribution in [3.05, 3.63) is 24.0 Å². The van der Waals surface area contributed by atoms with Gasteiger partial charge >= 0.3 is 0 Å². The lowest BCUT2D eigenvalue weighted by atomic mass is 9.87. The monoisotopic (exact) mass is 283 g/mol. The van der Waals surface area contributed by atoms with Gasteiger partial charge in [0.05, 0.1) is 5.69 Å². The topological polar surface area (TPSA) is 63.2 Å². The van der Waals surface area contributed by atoms with Gasteiger partial charge in [-0.05, 0) is 25.0 Å². The van der Waals surface area contributed by atoms with E-state index in [1.165, 1.54) is 12.1 Å². The first-order valence-corrected chi connectivity index (χ1v) is 7.82. The summed E-state index contributed by atoms with van der Waals surface area (Å²) in [5.41, 5.74) is 0.0567. The van der Waals surface area contributed by atoms with Crippen molar-refractivity contribution in [2.75, 3.05) is 5.32 Å². The molecule has 19 heavy (non-hydrogen) atoms. The van der Waals surface area contributed by atoms with Crippen molar-refractivity contribution in [3.8, 4) is 0 Å². The highest BCUT2D eigenvalue weighted by Crippen LogP contribution is 2.45. The molecule has 1 amide bonds. The van der Waals surface area contributed by atoms with Crippen LogP contribution in [0, 0.1) is 5.82 Å². The van der Waals surface area contributed by atoms with E-state index in [1.54, 1.807) is 0 Å². The van der Waals surface area contributed by atoms with Crippen molar-refractivity contribution >= 4 is 21.4 Å². The minimum absolute atomic E-state index is 0.0567. The summed E-state index contributed by atoms with van der Waals surface area (Å²) in [5.74, 6) is -1.30. The third-order valence-corrected chi connectivity index (χ3v) is 6.65. The molecule has 1 spiro atoms. The quantitative estimate of drug-likeness (QED) is 0.794. The number of fused-ring (bicyclic) bond motifs is 1. The molecular weight excluding hydrogens is 269 g/mol. The van der Waals surface area contributed by atoms with Crippen molar-refractivity contribution in [3.63, 3.8) is 0 Å². The first-order chi connectivity index (χ1) is 8.99. The summed E-state index contributed by atoms with van der Waals surface area (Å²) in [6.45, 7) is 0. The van der Waals surface area contributed by atoms with E-state index in [1.807, 2.05) is 0 Å². The van der Waals surface area contributed by atoms with Crippen LogP contribution in [0.25, 0.3) is 0 Å². The molecule has 0 atom stereocenters. The molecule has 1 aromatic rings.